The van der Waals surface area contributed by atoms with Crippen molar-refractivity contribution in [3.8, 4) is 5.75 Å². The molecular weight excluding hydrogens is 304 g/mol. The summed E-state index contributed by atoms with van der Waals surface area (Å²) in [5.41, 5.74) is 0.827. The maximum Gasteiger partial charge on any atom is 0.227 e. The number of benzene rings is 1. The van der Waals surface area contributed by atoms with Crippen molar-refractivity contribution in [2.75, 3.05) is 31.6 Å². The van der Waals surface area contributed by atoms with Crippen LogP contribution in [-0.2, 0) is 9.53 Å². The number of piperidine rings is 1. The predicted octanol–water partition coefficient (Wildman–Crippen LogP) is 2.21. The lowest BCUT2D eigenvalue weighted by Gasteiger charge is -2.21. The van der Waals surface area contributed by atoms with Gasteiger partial charge >= 0.3 is 0 Å². The van der Waals surface area contributed by atoms with Crippen molar-refractivity contribution in [1.82, 2.24) is 5.32 Å². The quantitative estimate of drug-likeness (QED) is 0.890. The summed E-state index contributed by atoms with van der Waals surface area (Å²) in [6.07, 6.45) is 2.91. The lowest BCUT2D eigenvalue weighted by Crippen LogP contribution is -2.34. The Hall–Kier alpha value is -1.30. The van der Waals surface area contributed by atoms with Crippen LogP contribution in [0.3, 0.4) is 0 Å². The van der Waals surface area contributed by atoms with Gasteiger partial charge in [-0.1, -0.05) is 0 Å². The molecule has 0 saturated carbocycles. The molecule has 0 aromatic heterocycles. The fourth-order valence-corrected chi connectivity index (χ4v) is 2.74. The molecule has 2 fully saturated rings. The number of amides is 1. The largest absolute Gasteiger partial charge is 0.488 e. The number of anilines is 1. The summed E-state index contributed by atoms with van der Waals surface area (Å²) in [4.78, 5) is 12.1. The Balaban J connectivity index is 0.00000176. The number of nitrogens with one attached hydrogen (secondary N) is 2. The third kappa shape index (κ3) is 4.60. The molecule has 2 aliphatic rings. The molecule has 2 N–H and O–H groups in total. The van der Waals surface area contributed by atoms with E-state index in [1.165, 1.54) is 0 Å². The molecule has 2 heterocycles. The highest BCUT2D eigenvalue weighted by molar-refractivity contribution is 5.92. The van der Waals surface area contributed by atoms with E-state index in [-0.39, 0.29) is 30.3 Å². The normalized spacial score (nSPS) is 21.9. The molecule has 0 spiro atoms. The third-order valence-corrected chi connectivity index (χ3v) is 4.02. The van der Waals surface area contributed by atoms with Crippen LogP contribution in [0.25, 0.3) is 0 Å². The maximum absolute atomic E-state index is 12.1. The van der Waals surface area contributed by atoms with E-state index >= 15 is 0 Å². The first-order valence-electron chi connectivity index (χ1n) is 7.67. The zero-order chi connectivity index (χ0) is 14.5. The minimum Gasteiger partial charge on any atom is -0.488 e. The van der Waals surface area contributed by atoms with Crippen LogP contribution in [0.4, 0.5) is 5.69 Å². The summed E-state index contributed by atoms with van der Waals surface area (Å²) in [5, 5.41) is 6.25. The van der Waals surface area contributed by atoms with E-state index in [0.717, 1.165) is 50.4 Å². The van der Waals surface area contributed by atoms with Crippen molar-refractivity contribution in [3.05, 3.63) is 24.3 Å². The van der Waals surface area contributed by atoms with Gasteiger partial charge in [0.15, 0.2) is 0 Å². The Labute approximate surface area is 137 Å². The average Bonchev–Trinajstić information content (AvgIpc) is 3.03. The predicted molar refractivity (Wildman–Crippen MR) is 87.8 cm³/mol. The zero-order valence-electron chi connectivity index (χ0n) is 12.5. The van der Waals surface area contributed by atoms with Crippen molar-refractivity contribution in [2.45, 2.75) is 25.4 Å². The molecule has 1 unspecified atom stereocenters. The van der Waals surface area contributed by atoms with Gasteiger partial charge in [-0.05, 0) is 50.2 Å². The standard InChI is InChI=1S/C16H22N2O3.ClH/c19-16(12-5-8-17-9-6-12)18-13-1-3-14(4-2-13)21-15-7-10-20-11-15;/h1-4,12,15,17H,5-11H2,(H,18,19);1H. The molecule has 2 aliphatic heterocycles. The van der Waals surface area contributed by atoms with Gasteiger partial charge in [-0.25, -0.2) is 0 Å². The maximum atomic E-state index is 12.1. The van der Waals surface area contributed by atoms with Gasteiger partial charge in [-0.15, -0.1) is 12.4 Å². The molecule has 122 valence electrons. The van der Waals surface area contributed by atoms with Crippen LogP contribution in [0.5, 0.6) is 5.75 Å². The summed E-state index contributed by atoms with van der Waals surface area (Å²) in [7, 11) is 0. The molecular formula is C16H23ClN2O3. The molecule has 1 aromatic rings. The van der Waals surface area contributed by atoms with Crippen LogP contribution in [0.1, 0.15) is 19.3 Å². The number of ether oxygens (including phenoxy) is 2. The first-order chi connectivity index (χ1) is 10.3. The molecule has 2 saturated heterocycles. The molecule has 1 amide bonds. The van der Waals surface area contributed by atoms with Gasteiger partial charge in [-0.2, -0.15) is 0 Å². The lowest BCUT2D eigenvalue weighted by atomic mass is 9.97. The number of carbonyl (C=O) groups is 1. The van der Waals surface area contributed by atoms with Crippen molar-refractivity contribution in [3.63, 3.8) is 0 Å². The second kappa shape index (κ2) is 8.36. The number of carbonyl (C=O) groups excluding carboxylic acids is 1. The lowest BCUT2D eigenvalue weighted by molar-refractivity contribution is -0.120. The van der Waals surface area contributed by atoms with Crippen molar-refractivity contribution < 1.29 is 14.3 Å². The Morgan fingerprint density at radius 2 is 1.91 bits per heavy atom. The second-order valence-corrected chi connectivity index (χ2v) is 5.64. The summed E-state index contributed by atoms with van der Waals surface area (Å²) in [6, 6.07) is 7.58. The van der Waals surface area contributed by atoms with E-state index in [0.29, 0.717) is 6.61 Å². The van der Waals surface area contributed by atoms with Gasteiger partial charge in [-0.3, -0.25) is 4.79 Å². The molecule has 1 aromatic carbocycles. The van der Waals surface area contributed by atoms with Crippen molar-refractivity contribution in [2.24, 2.45) is 5.92 Å². The summed E-state index contributed by atoms with van der Waals surface area (Å²) >= 11 is 0. The van der Waals surface area contributed by atoms with Gasteiger partial charge < -0.3 is 20.1 Å². The van der Waals surface area contributed by atoms with Crippen LogP contribution >= 0.6 is 12.4 Å². The first-order valence-corrected chi connectivity index (χ1v) is 7.67. The number of halogens is 1. The Morgan fingerprint density at radius 3 is 2.55 bits per heavy atom. The fourth-order valence-electron chi connectivity index (χ4n) is 2.74. The third-order valence-electron chi connectivity index (χ3n) is 4.02. The van der Waals surface area contributed by atoms with Gasteiger partial charge in [0.05, 0.1) is 13.2 Å². The zero-order valence-corrected chi connectivity index (χ0v) is 13.4. The van der Waals surface area contributed by atoms with Gasteiger partial charge in [0, 0.05) is 18.0 Å². The van der Waals surface area contributed by atoms with E-state index in [1.54, 1.807) is 0 Å². The first kappa shape index (κ1) is 17.1. The summed E-state index contributed by atoms with van der Waals surface area (Å²) in [5.74, 6) is 1.07. The molecule has 5 nitrogen and oxygen atoms in total. The highest BCUT2D eigenvalue weighted by Gasteiger charge is 2.21. The van der Waals surface area contributed by atoms with E-state index in [2.05, 4.69) is 10.6 Å². The Bertz CT molecular complexity index is 469. The molecule has 6 heteroatoms. The molecule has 0 bridgehead atoms. The summed E-state index contributed by atoms with van der Waals surface area (Å²) < 4.78 is 11.1. The monoisotopic (exact) mass is 326 g/mol. The van der Waals surface area contributed by atoms with E-state index in [9.17, 15) is 4.79 Å². The van der Waals surface area contributed by atoms with Gasteiger partial charge in [0.2, 0.25) is 5.91 Å². The van der Waals surface area contributed by atoms with E-state index in [1.807, 2.05) is 24.3 Å². The van der Waals surface area contributed by atoms with Crippen LogP contribution in [0.15, 0.2) is 24.3 Å². The Kier molecular flexibility index (Phi) is 6.49. The molecule has 0 radical (unpaired) electrons. The van der Waals surface area contributed by atoms with Crippen molar-refractivity contribution in [1.29, 1.82) is 0 Å². The highest BCUT2D eigenvalue weighted by atomic mass is 35.5. The fraction of sp³-hybridized carbons (Fsp3) is 0.562. The van der Waals surface area contributed by atoms with Gasteiger partial charge in [0.25, 0.3) is 0 Å². The molecule has 1 atom stereocenters. The van der Waals surface area contributed by atoms with Crippen LogP contribution < -0.4 is 15.4 Å². The number of hydrogen-bond acceptors (Lipinski definition) is 4. The smallest absolute Gasteiger partial charge is 0.227 e. The van der Waals surface area contributed by atoms with Crippen molar-refractivity contribution >= 4 is 24.0 Å². The number of hydrogen-bond donors (Lipinski definition) is 2. The van der Waals surface area contributed by atoms with E-state index in [4.69, 9.17) is 9.47 Å². The molecule has 22 heavy (non-hydrogen) atoms. The Morgan fingerprint density at radius 1 is 1.18 bits per heavy atom. The van der Waals surface area contributed by atoms with Crippen LogP contribution in [0.2, 0.25) is 0 Å². The average molecular weight is 327 g/mol. The number of rotatable bonds is 4. The SMILES string of the molecule is Cl.O=C(Nc1ccc(OC2CCOC2)cc1)C1CCNCC1. The van der Waals surface area contributed by atoms with Gasteiger partial charge in [0.1, 0.15) is 11.9 Å². The minimum atomic E-state index is 0. The second-order valence-electron chi connectivity index (χ2n) is 5.64. The van der Waals surface area contributed by atoms with Crippen LogP contribution in [-0.4, -0.2) is 38.3 Å². The highest BCUT2D eigenvalue weighted by Crippen LogP contribution is 2.21. The topological polar surface area (TPSA) is 59.6 Å². The molecule has 3 rings (SSSR count). The van der Waals surface area contributed by atoms with E-state index < -0.39 is 0 Å². The van der Waals surface area contributed by atoms with Crippen LogP contribution in [0, 0.1) is 5.92 Å². The summed E-state index contributed by atoms with van der Waals surface area (Å²) in [6.45, 7) is 3.28. The minimum absolute atomic E-state index is 0. The molecule has 0 aliphatic carbocycles.